The van der Waals surface area contributed by atoms with E-state index in [2.05, 4.69) is 26.2 Å². The van der Waals surface area contributed by atoms with Crippen molar-refractivity contribution in [3.8, 4) is 0 Å². The van der Waals surface area contributed by atoms with Gasteiger partial charge in [-0.05, 0) is 31.2 Å². The fourth-order valence-corrected chi connectivity index (χ4v) is 2.61. The number of carboxylic acids is 1. The van der Waals surface area contributed by atoms with Gasteiger partial charge in [0.2, 0.25) is 0 Å². The summed E-state index contributed by atoms with van der Waals surface area (Å²) >= 11 is 3.37. The first-order valence-electron chi connectivity index (χ1n) is 7.02. The molecule has 7 heteroatoms. The molecule has 0 aliphatic carbocycles. The maximum Gasteiger partial charge on any atom is 0.326 e. The third kappa shape index (κ3) is 4.27. The van der Waals surface area contributed by atoms with Gasteiger partial charge in [0.05, 0.1) is 11.1 Å². The second-order valence-electron chi connectivity index (χ2n) is 5.12. The van der Waals surface area contributed by atoms with Gasteiger partial charge >= 0.3 is 5.97 Å². The summed E-state index contributed by atoms with van der Waals surface area (Å²) in [5.74, 6) is -1.53. The van der Waals surface area contributed by atoms with E-state index >= 15 is 0 Å². The molecule has 2 N–H and O–H groups in total. The first kappa shape index (κ1) is 17.4. The van der Waals surface area contributed by atoms with E-state index in [1.807, 2.05) is 12.1 Å². The zero-order chi connectivity index (χ0) is 17.0. The second-order valence-corrected chi connectivity index (χ2v) is 6.03. The molecule has 0 saturated carbocycles. The summed E-state index contributed by atoms with van der Waals surface area (Å²) in [6.45, 7) is 2.04. The lowest BCUT2D eigenvalue weighted by atomic mass is 10.1. The Balaban J connectivity index is 2.36. The number of benzene rings is 1. The van der Waals surface area contributed by atoms with Crippen LogP contribution in [-0.4, -0.2) is 41.7 Å². The largest absolute Gasteiger partial charge is 0.480 e. The van der Waals surface area contributed by atoms with E-state index in [0.29, 0.717) is 22.2 Å². The number of hydrogen-bond acceptors (Lipinski definition) is 4. The van der Waals surface area contributed by atoms with Crippen molar-refractivity contribution >= 4 is 38.7 Å². The number of aryl methyl sites for hydroxylation is 1. The van der Waals surface area contributed by atoms with Crippen molar-refractivity contribution < 1.29 is 19.4 Å². The van der Waals surface area contributed by atoms with E-state index in [-0.39, 0.29) is 13.0 Å². The predicted octanol–water partition coefficient (Wildman–Crippen LogP) is 2.53. The van der Waals surface area contributed by atoms with E-state index in [4.69, 9.17) is 4.74 Å². The second kappa shape index (κ2) is 7.52. The molecule has 0 aliphatic heterocycles. The minimum Gasteiger partial charge on any atom is -0.480 e. The van der Waals surface area contributed by atoms with Gasteiger partial charge in [-0.25, -0.2) is 4.79 Å². The number of carboxylic acid groups (broad SMARTS) is 1. The van der Waals surface area contributed by atoms with Crippen LogP contribution < -0.4 is 5.32 Å². The minimum atomic E-state index is -1.09. The summed E-state index contributed by atoms with van der Waals surface area (Å²) in [4.78, 5) is 28.2. The third-order valence-corrected chi connectivity index (χ3v) is 3.85. The normalized spacial score (nSPS) is 12.1. The number of amides is 1. The number of hydrogen-bond donors (Lipinski definition) is 2. The summed E-state index contributed by atoms with van der Waals surface area (Å²) in [6, 6.07) is 6.09. The molecule has 6 nitrogen and oxygen atoms in total. The van der Waals surface area contributed by atoms with Crippen molar-refractivity contribution in [1.82, 2.24) is 10.3 Å². The molecule has 1 heterocycles. The molecule has 0 radical (unpaired) electrons. The number of aromatic nitrogens is 1. The highest BCUT2D eigenvalue weighted by Crippen LogP contribution is 2.23. The maximum atomic E-state index is 12.5. The average molecular weight is 381 g/mol. The van der Waals surface area contributed by atoms with E-state index in [1.165, 1.54) is 7.11 Å². The lowest BCUT2D eigenvalue weighted by Gasteiger charge is -2.15. The lowest BCUT2D eigenvalue weighted by Crippen LogP contribution is -2.41. The van der Waals surface area contributed by atoms with Gasteiger partial charge in [0, 0.05) is 35.7 Å². The Morgan fingerprint density at radius 2 is 2.13 bits per heavy atom. The Morgan fingerprint density at radius 1 is 1.39 bits per heavy atom. The molecule has 1 unspecified atom stereocenters. The molecule has 1 aromatic heterocycles. The molecule has 0 spiro atoms. The van der Waals surface area contributed by atoms with E-state index in [0.717, 1.165) is 4.47 Å². The van der Waals surface area contributed by atoms with Crippen LogP contribution in [0.15, 0.2) is 28.7 Å². The van der Waals surface area contributed by atoms with Gasteiger partial charge in [0.25, 0.3) is 5.91 Å². The molecule has 1 amide bonds. The molecule has 0 fully saturated rings. The molecule has 2 aromatic rings. The fraction of sp³-hybridized carbons (Fsp3) is 0.312. The predicted molar refractivity (Wildman–Crippen MR) is 89.6 cm³/mol. The summed E-state index contributed by atoms with van der Waals surface area (Å²) in [5, 5.41) is 12.4. The van der Waals surface area contributed by atoms with Crippen LogP contribution in [0.4, 0.5) is 0 Å². The molecular formula is C16H17BrN2O4. The third-order valence-electron chi connectivity index (χ3n) is 3.36. The fourth-order valence-electron chi connectivity index (χ4n) is 2.25. The molecule has 0 saturated heterocycles. The van der Waals surface area contributed by atoms with Gasteiger partial charge in [-0.15, -0.1) is 0 Å². The number of pyridine rings is 1. The summed E-state index contributed by atoms with van der Waals surface area (Å²) in [6.07, 6.45) is 0.198. The highest BCUT2D eigenvalue weighted by molar-refractivity contribution is 9.10. The molecular weight excluding hydrogens is 364 g/mol. The Labute approximate surface area is 142 Å². The van der Waals surface area contributed by atoms with Crippen LogP contribution in [0.5, 0.6) is 0 Å². The molecule has 122 valence electrons. The number of fused-ring (bicyclic) bond motifs is 1. The summed E-state index contributed by atoms with van der Waals surface area (Å²) in [7, 11) is 1.48. The van der Waals surface area contributed by atoms with Crippen molar-refractivity contribution in [2.45, 2.75) is 19.4 Å². The number of ether oxygens (including phenoxy) is 1. The van der Waals surface area contributed by atoms with Crippen molar-refractivity contribution in [3.63, 3.8) is 0 Å². The summed E-state index contributed by atoms with van der Waals surface area (Å²) in [5.41, 5.74) is 1.77. The molecule has 23 heavy (non-hydrogen) atoms. The zero-order valence-electron chi connectivity index (χ0n) is 12.8. The van der Waals surface area contributed by atoms with Crippen LogP contribution >= 0.6 is 15.9 Å². The van der Waals surface area contributed by atoms with Gasteiger partial charge < -0.3 is 15.2 Å². The van der Waals surface area contributed by atoms with Crippen LogP contribution in [0, 0.1) is 6.92 Å². The van der Waals surface area contributed by atoms with Crippen LogP contribution in [0.1, 0.15) is 22.5 Å². The van der Waals surface area contributed by atoms with E-state index < -0.39 is 17.9 Å². The number of methoxy groups -OCH3 is 1. The number of halogens is 1. The number of nitrogens with zero attached hydrogens (tertiary/aromatic N) is 1. The number of carbonyl (C=O) groups excluding carboxylic acids is 1. The Hall–Kier alpha value is -1.99. The average Bonchev–Trinajstić information content (AvgIpc) is 2.50. The Morgan fingerprint density at radius 3 is 2.78 bits per heavy atom. The van der Waals surface area contributed by atoms with Crippen LogP contribution in [0.25, 0.3) is 10.9 Å². The van der Waals surface area contributed by atoms with Gasteiger partial charge in [-0.1, -0.05) is 15.9 Å². The monoisotopic (exact) mass is 380 g/mol. The molecule has 2 rings (SSSR count). The van der Waals surface area contributed by atoms with Gasteiger partial charge in [-0.2, -0.15) is 0 Å². The Kier molecular flexibility index (Phi) is 5.68. The van der Waals surface area contributed by atoms with Crippen molar-refractivity contribution in [3.05, 3.63) is 40.0 Å². The topological polar surface area (TPSA) is 88.5 Å². The molecule has 0 bridgehead atoms. The van der Waals surface area contributed by atoms with E-state index in [1.54, 1.807) is 19.1 Å². The highest BCUT2D eigenvalue weighted by Gasteiger charge is 2.22. The van der Waals surface area contributed by atoms with Gasteiger partial charge in [-0.3, -0.25) is 9.78 Å². The van der Waals surface area contributed by atoms with Crippen LogP contribution in [0.3, 0.4) is 0 Å². The summed E-state index contributed by atoms with van der Waals surface area (Å²) < 4.78 is 5.70. The van der Waals surface area contributed by atoms with Crippen LogP contribution in [0.2, 0.25) is 0 Å². The first-order valence-corrected chi connectivity index (χ1v) is 7.81. The highest BCUT2D eigenvalue weighted by atomic mass is 79.9. The molecule has 1 aromatic carbocycles. The minimum absolute atomic E-state index is 0.198. The first-order chi connectivity index (χ1) is 10.9. The SMILES string of the molecule is COCCC(NC(=O)c1cc(C)nc2ccc(Br)cc12)C(=O)O. The number of rotatable bonds is 6. The van der Waals surface area contributed by atoms with Crippen molar-refractivity contribution in [2.75, 3.05) is 13.7 Å². The maximum absolute atomic E-state index is 12.5. The number of nitrogens with one attached hydrogen (secondary N) is 1. The number of carbonyl (C=O) groups is 2. The van der Waals surface area contributed by atoms with Crippen LogP contribution in [-0.2, 0) is 9.53 Å². The van der Waals surface area contributed by atoms with Gasteiger partial charge in [0.1, 0.15) is 6.04 Å². The number of aliphatic carboxylic acids is 1. The van der Waals surface area contributed by atoms with Gasteiger partial charge in [0.15, 0.2) is 0 Å². The smallest absolute Gasteiger partial charge is 0.326 e. The van der Waals surface area contributed by atoms with Crippen molar-refractivity contribution in [2.24, 2.45) is 0 Å². The lowest BCUT2D eigenvalue weighted by molar-refractivity contribution is -0.139. The molecule has 0 aliphatic rings. The van der Waals surface area contributed by atoms with Crippen molar-refractivity contribution in [1.29, 1.82) is 0 Å². The standard InChI is InChI=1S/C16H17BrN2O4/c1-9-7-12(11-8-10(17)3-4-13(11)18-9)15(20)19-14(16(21)22)5-6-23-2/h3-4,7-8,14H,5-6H2,1-2H3,(H,19,20)(H,21,22). The molecule has 1 atom stereocenters. The Bertz CT molecular complexity index is 748. The quantitative estimate of drug-likeness (QED) is 0.803. The zero-order valence-corrected chi connectivity index (χ0v) is 14.4. The van der Waals surface area contributed by atoms with E-state index in [9.17, 15) is 14.7 Å².